The van der Waals surface area contributed by atoms with Crippen molar-refractivity contribution in [3.8, 4) is 0 Å². The molecule has 3 nitrogen and oxygen atoms in total. The summed E-state index contributed by atoms with van der Waals surface area (Å²) in [4.78, 5) is 12.1. The van der Waals surface area contributed by atoms with Gasteiger partial charge in [-0.15, -0.1) is 11.8 Å². The fourth-order valence-corrected chi connectivity index (χ4v) is 2.37. The highest BCUT2D eigenvalue weighted by molar-refractivity contribution is 8.03. The summed E-state index contributed by atoms with van der Waals surface area (Å²) in [6.45, 7) is 7.41. The highest BCUT2D eigenvalue weighted by Gasteiger charge is 2.13. The number of aliphatic hydroxyl groups is 1. The third-order valence-electron chi connectivity index (χ3n) is 2.50. The average Bonchev–Trinajstić information content (AvgIpc) is 2.39. The van der Waals surface area contributed by atoms with Crippen LogP contribution in [0.3, 0.4) is 0 Å². The number of methoxy groups -OCH3 is 1. The van der Waals surface area contributed by atoms with Crippen LogP contribution < -0.4 is 0 Å². The third-order valence-corrected chi connectivity index (χ3v) is 3.74. The summed E-state index contributed by atoms with van der Waals surface area (Å²) in [5.74, 6) is 0.491. The summed E-state index contributed by atoms with van der Waals surface area (Å²) in [7, 11) is 1.40. The number of thioether (sulfide) groups is 1. The summed E-state index contributed by atoms with van der Waals surface area (Å²) < 4.78 is 4.66. The zero-order valence-corrected chi connectivity index (χ0v) is 12.1. The van der Waals surface area contributed by atoms with Gasteiger partial charge in [-0.3, -0.25) is 4.79 Å². The van der Waals surface area contributed by atoms with E-state index in [2.05, 4.69) is 11.3 Å². The first-order valence-electron chi connectivity index (χ1n) is 5.87. The van der Waals surface area contributed by atoms with Crippen molar-refractivity contribution in [2.45, 2.75) is 20.3 Å². The van der Waals surface area contributed by atoms with Gasteiger partial charge in [-0.1, -0.05) is 31.7 Å². The zero-order valence-electron chi connectivity index (χ0n) is 11.3. The van der Waals surface area contributed by atoms with Crippen molar-refractivity contribution in [3.63, 3.8) is 0 Å². The van der Waals surface area contributed by atoms with Gasteiger partial charge in [0.1, 0.15) is 0 Å². The smallest absolute Gasteiger partial charge is 0.308 e. The van der Waals surface area contributed by atoms with E-state index in [4.69, 9.17) is 0 Å². The average molecular weight is 270 g/mol. The van der Waals surface area contributed by atoms with Crippen LogP contribution in [-0.2, 0) is 9.53 Å². The molecule has 0 aliphatic heterocycles. The van der Waals surface area contributed by atoms with Crippen molar-refractivity contribution < 1.29 is 14.6 Å². The zero-order chi connectivity index (χ0) is 14.0. The van der Waals surface area contributed by atoms with E-state index in [1.807, 2.05) is 26.0 Å². The number of carbonyl (C=O) groups excluding carboxylic acids is 1. The van der Waals surface area contributed by atoms with Crippen LogP contribution in [0.4, 0.5) is 0 Å². The topological polar surface area (TPSA) is 46.5 Å². The fraction of sp³-hybridized carbons (Fsp3) is 0.500. The Morgan fingerprint density at radius 1 is 1.56 bits per heavy atom. The molecule has 0 amide bonds. The van der Waals surface area contributed by atoms with Crippen molar-refractivity contribution >= 4 is 17.7 Å². The van der Waals surface area contributed by atoms with Gasteiger partial charge in [-0.2, -0.15) is 0 Å². The molecule has 1 atom stereocenters. The molecule has 4 heteroatoms. The predicted octanol–water partition coefficient (Wildman–Crippen LogP) is 2.93. The number of hydrogen-bond donors (Lipinski definition) is 1. The minimum atomic E-state index is -0.187. The van der Waals surface area contributed by atoms with Gasteiger partial charge in [0, 0.05) is 4.91 Å². The van der Waals surface area contributed by atoms with Gasteiger partial charge in [-0.25, -0.2) is 0 Å². The molecular formula is C14H22O3S. The molecule has 0 heterocycles. The molecule has 0 aromatic carbocycles. The Kier molecular flexibility index (Phi) is 9.42. The predicted molar refractivity (Wildman–Crippen MR) is 77.4 cm³/mol. The number of allylic oxidation sites excluding steroid dienone is 4. The molecule has 0 aromatic rings. The number of ether oxygens (including phenoxy) is 1. The number of aliphatic hydroxyl groups excluding tert-OH is 1. The lowest BCUT2D eigenvalue weighted by Crippen LogP contribution is -2.13. The minimum absolute atomic E-state index is 0.0184. The van der Waals surface area contributed by atoms with Gasteiger partial charge < -0.3 is 9.84 Å². The Morgan fingerprint density at radius 2 is 2.22 bits per heavy atom. The monoisotopic (exact) mass is 270 g/mol. The standard InChI is InChI=1S/C14H22O3S/c1-5-6-7-11(2)13(10-15)18-9-8-12(3)14(16)17-4/h5-7,12,15H,1,8-10H2,2-4H3/b7-6-,13-11+. The van der Waals surface area contributed by atoms with Crippen LogP contribution in [0.15, 0.2) is 35.3 Å². The minimum Gasteiger partial charge on any atom is -0.469 e. The normalized spacial score (nSPS) is 14.2. The molecule has 1 unspecified atom stereocenters. The SMILES string of the molecule is C=C/C=C\C(C)=C(/CO)SCCC(C)C(=O)OC. The second-order valence-corrected chi connectivity index (χ2v) is 5.11. The molecule has 0 fully saturated rings. The van der Waals surface area contributed by atoms with Crippen molar-refractivity contribution in [1.82, 2.24) is 0 Å². The second kappa shape index (κ2) is 9.97. The quantitative estimate of drug-likeness (QED) is 0.544. The van der Waals surface area contributed by atoms with Crippen LogP contribution in [0.2, 0.25) is 0 Å². The van der Waals surface area contributed by atoms with Crippen LogP contribution in [0.25, 0.3) is 0 Å². The highest BCUT2D eigenvalue weighted by atomic mass is 32.2. The Morgan fingerprint density at radius 3 is 2.72 bits per heavy atom. The van der Waals surface area contributed by atoms with Crippen molar-refractivity contribution in [2.24, 2.45) is 5.92 Å². The van der Waals surface area contributed by atoms with Gasteiger partial charge in [0.15, 0.2) is 0 Å². The van der Waals surface area contributed by atoms with Gasteiger partial charge in [0.05, 0.1) is 19.6 Å². The molecule has 0 bridgehead atoms. The highest BCUT2D eigenvalue weighted by Crippen LogP contribution is 2.22. The molecule has 18 heavy (non-hydrogen) atoms. The van der Waals surface area contributed by atoms with E-state index < -0.39 is 0 Å². The van der Waals surface area contributed by atoms with Crippen LogP contribution in [-0.4, -0.2) is 30.5 Å². The van der Waals surface area contributed by atoms with Crippen molar-refractivity contribution in [1.29, 1.82) is 0 Å². The Hall–Kier alpha value is -1.00. The molecule has 0 aliphatic rings. The van der Waals surface area contributed by atoms with Crippen LogP contribution in [0.5, 0.6) is 0 Å². The molecule has 0 aliphatic carbocycles. The van der Waals surface area contributed by atoms with Crippen LogP contribution >= 0.6 is 11.8 Å². The van der Waals surface area contributed by atoms with Crippen LogP contribution in [0, 0.1) is 5.92 Å². The lowest BCUT2D eigenvalue weighted by molar-refractivity contribution is -0.144. The Balaban J connectivity index is 4.28. The maximum absolute atomic E-state index is 11.2. The van der Waals surface area contributed by atoms with E-state index in [0.29, 0.717) is 0 Å². The summed E-state index contributed by atoms with van der Waals surface area (Å²) in [5, 5.41) is 9.29. The summed E-state index contributed by atoms with van der Waals surface area (Å²) in [5.41, 5.74) is 1.02. The maximum Gasteiger partial charge on any atom is 0.308 e. The van der Waals surface area contributed by atoms with E-state index in [-0.39, 0.29) is 18.5 Å². The molecular weight excluding hydrogens is 248 g/mol. The lowest BCUT2D eigenvalue weighted by Gasteiger charge is -2.10. The molecule has 0 rings (SSSR count). The lowest BCUT2D eigenvalue weighted by atomic mass is 10.1. The van der Waals surface area contributed by atoms with E-state index in [9.17, 15) is 9.90 Å². The number of hydrogen-bond acceptors (Lipinski definition) is 4. The van der Waals surface area contributed by atoms with E-state index in [1.165, 1.54) is 7.11 Å². The molecule has 0 spiro atoms. The van der Waals surface area contributed by atoms with Crippen LogP contribution in [0.1, 0.15) is 20.3 Å². The first-order chi connectivity index (χ1) is 8.56. The van der Waals surface area contributed by atoms with Crippen molar-refractivity contribution in [2.75, 3.05) is 19.5 Å². The molecule has 0 radical (unpaired) electrons. The summed E-state index contributed by atoms with van der Waals surface area (Å²) >= 11 is 1.57. The molecule has 0 saturated heterocycles. The second-order valence-electron chi connectivity index (χ2n) is 3.92. The van der Waals surface area contributed by atoms with Gasteiger partial charge in [-0.05, 0) is 24.7 Å². The first kappa shape index (κ1) is 17.0. The maximum atomic E-state index is 11.2. The van der Waals surface area contributed by atoms with E-state index in [0.717, 1.165) is 22.7 Å². The first-order valence-corrected chi connectivity index (χ1v) is 6.85. The third kappa shape index (κ3) is 6.67. The van der Waals surface area contributed by atoms with Gasteiger partial charge in [0.25, 0.3) is 0 Å². The Labute approximate surface area is 114 Å². The fourth-order valence-electron chi connectivity index (χ4n) is 1.27. The molecule has 1 N–H and O–H groups in total. The molecule has 102 valence electrons. The van der Waals surface area contributed by atoms with Gasteiger partial charge >= 0.3 is 5.97 Å². The van der Waals surface area contributed by atoms with E-state index >= 15 is 0 Å². The molecule has 0 aromatic heterocycles. The Bertz CT molecular complexity index is 332. The van der Waals surface area contributed by atoms with Gasteiger partial charge in [0.2, 0.25) is 0 Å². The largest absolute Gasteiger partial charge is 0.469 e. The summed E-state index contributed by atoms with van der Waals surface area (Å²) in [6, 6.07) is 0. The van der Waals surface area contributed by atoms with E-state index in [1.54, 1.807) is 17.8 Å². The summed E-state index contributed by atoms with van der Waals surface area (Å²) in [6.07, 6.45) is 6.18. The molecule has 0 saturated carbocycles. The number of carbonyl (C=O) groups is 1. The van der Waals surface area contributed by atoms with Crippen molar-refractivity contribution in [3.05, 3.63) is 35.3 Å². The number of rotatable bonds is 8. The number of esters is 1.